The van der Waals surface area contributed by atoms with Crippen LogP contribution < -0.4 is 11.5 Å². The molecule has 4 N–H and O–H groups in total. The summed E-state index contributed by atoms with van der Waals surface area (Å²) in [7, 11) is 0. The van der Waals surface area contributed by atoms with Gasteiger partial charge in [0.15, 0.2) is 0 Å². The van der Waals surface area contributed by atoms with E-state index < -0.39 is 0 Å². The van der Waals surface area contributed by atoms with Crippen LogP contribution in [-0.4, -0.2) is 10.2 Å². The molecular weight excluding hydrogens is 448 g/mol. The fourth-order valence-corrected chi connectivity index (χ4v) is 4.76. The van der Waals surface area contributed by atoms with Crippen molar-refractivity contribution in [1.29, 1.82) is 0 Å². The Labute approximate surface area is 200 Å². The van der Waals surface area contributed by atoms with Crippen LogP contribution in [0.2, 0.25) is 0 Å². The molecule has 7 heteroatoms. The Bertz CT molecular complexity index is 1240. The minimum absolute atomic E-state index is 0.495. The topological polar surface area (TPSA) is 91.0 Å². The van der Waals surface area contributed by atoms with Crippen LogP contribution in [0.5, 0.6) is 0 Å². The van der Waals surface area contributed by atoms with Crippen LogP contribution in [0.1, 0.15) is 0 Å². The van der Waals surface area contributed by atoms with Crippen molar-refractivity contribution in [2.24, 2.45) is 0 Å². The second kappa shape index (κ2) is 9.44. The molecule has 0 bridgehead atoms. The number of rotatable bonds is 6. The Balaban J connectivity index is 1.26. The third kappa shape index (κ3) is 5.22. The molecule has 0 atom stereocenters. The van der Waals surface area contributed by atoms with Crippen molar-refractivity contribution in [2.45, 2.75) is 19.6 Å². The highest BCUT2D eigenvalue weighted by molar-refractivity contribution is 7.99. The van der Waals surface area contributed by atoms with Gasteiger partial charge in [-0.25, -0.2) is 0 Å². The summed E-state index contributed by atoms with van der Waals surface area (Å²) < 4.78 is 5.93. The summed E-state index contributed by atoms with van der Waals surface area (Å²) in [5.74, 6) is 0.990. The first kappa shape index (κ1) is 21.2. The molecule has 162 valence electrons. The summed E-state index contributed by atoms with van der Waals surface area (Å²) in [5, 5.41) is 8.46. The van der Waals surface area contributed by atoms with E-state index in [4.69, 9.17) is 15.9 Å². The third-order valence-corrected chi connectivity index (χ3v) is 6.89. The number of nitrogen functional groups attached to an aromatic ring is 2. The molecule has 0 saturated carbocycles. The maximum absolute atomic E-state index is 5.93. The Kier molecular flexibility index (Phi) is 6.06. The zero-order valence-corrected chi connectivity index (χ0v) is 19.1. The SMILES string of the molecule is Nc1ccc(Sc2ccc(-c3nnc(-c4ccc(Sc5ccc(N)cc5)cc4)o3)cc2)cc1. The third-order valence-electron chi connectivity index (χ3n) is 4.86. The van der Waals surface area contributed by atoms with Crippen LogP contribution in [0.4, 0.5) is 11.4 Å². The summed E-state index contributed by atoms with van der Waals surface area (Å²) in [6.45, 7) is 0. The Morgan fingerprint density at radius 3 is 1.09 bits per heavy atom. The number of anilines is 2. The standard InChI is InChI=1S/C26H20N4OS2/c27-19-5-13-23(14-6-19)32-21-9-1-17(2-10-21)25-29-30-26(31-25)18-3-11-22(12-4-18)33-24-15-7-20(28)8-16-24/h1-16H,27-28H2. The quantitative estimate of drug-likeness (QED) is 0.263. The molecule has 0 saturated heterocycles. The van der Waals surface area contributed by atoms with E-state index in [0.29, 0.717) is 11.8 Å². The predicted molar refractivity (Wildman–Crippen MR) is 135 cm³/mol. The lowest BCUT2D eigenvalue weighted by atomic mass is 10.2. The van der Waals surface area contributed by atoms with Crippen LogP contribution in [-0.2, 0) is 0 Å². The predicted octanol–water partition coefficient (Wildman–Crippen LogP) is 6.87. The largest absolute Gasteiger partial charge is 0.416 e. The molecule has 0 spiro atoms. The lowest BCUT2D eigenvalue weighted by Gasteiger charge is -2.03. The number of aromatic nitrogens is 2. The van der Waals surface area contributed by atoms with Gasteiger partial charge in [0.05, 0.1) is 0 Å². The second-order valence-corrected chi connectivity index (χ2v) is 9.60. The van der Waals surface area contributed by atoms with Crippen LogP contribution in [0.15, 0.2) is 121 Å². The van der Waals surface area contributed by atoms with E-state index in [1.807, 2.05) is 97.1 Å². The molecule has 5 nitrogen and oxygen atoms in total. The maximum atomic E-state index is 5.93. The Morgan fingerprint density at radius 1 is 0.455 bits per heavy atom. The molecule has 33 heavy (non-hydrogen) atoms. The molecule has 0 fully saturated rings. The molecule has 0 aliphatic rings. The molecule has 0 amide bonds. The maximum Gasteiger partial charge on any atom is 0.248 e. The van der Waals surface area contributed by atoms with Gasteiger partial charge in [0.2, 0.25) is 11.8 Å². The van der Waals surface area contributed by atoms with Crippen LogP contribution in [0.25, 0.3) is 22.9 Å². The van der Waals surface area contributed by atoms with Crippen molar-refractivity contribution >= 4 is 34.9 Å². The van der Waals surface area contributed by atoms with E-state index in [9.17, 15) is 0 Å². The van der Waals surface area contributed by atoms with E-state index in [1.165, 1.54) is 0 Å². The number of benzene rings is 4. The van der Waals surface area contributed by atoms with E-state index >= 15 is 0 Å². The highest BCUT2D eigenvalue weighted by atomic mass is 32.2. The molecule has 0 unspecified atom stereocenters. The van der Waals surface area contributed by atoms with E-state index in [2.05, 4.69) is 10.2 Å². The lowest BCUT2D eigenvalue weighted by Crippen LogP contribution is -1.82. The molecule has 0 aliphatic heterocycles. The summed E-state index contributed by atoms with van der Waals surface area (Å²) in [4.78, 5) is 4.51. The first-order valence-corrected chi connectivity index (χ1v) is 11.9. The van der Waals surface area contributed by atoms with Gasteiger partial charge in [0, 0.05) is 42.1 Å². The normalized spacial score (nSPS) is 10.9. The molecule has 1 aromatic heterocycles. The van der Waals surface area contributed by atoms with Crippen molar-refractivity contribution in [2.75, 3.05) is 11.5 Å². The fraction of sp³-hybridized carbons (Fsp3) is 0. The van der Waals surface area contributed by atoms with Gasteiger partial charge >= 0.3 is 0 Å². The highest BCUT2D eigenvalue weighted by Crippen LogP contribution is 2.32. The smallest absolute Gasteiger partial charge is 0.248 e. The van der Waals surface area contributed by atoms with E-state index in [0.717, 1.165) is 42.1 Å². The van der Waals surface area contributed by atoms with Gasteiger partial charge in [-0.2, -0.15) is 0 Å². The van der Waals surface area contributed by atoms with Gasteiger partial charge in [-0.05, 0) is 97.1 Å². The van der Waals surface area contributed by atoms with E-state index in [1.54, 1.807) is 23.5 Å². The number of hydrogen-bond donors (Lipinski definition) is 2. The van der Waals surface area contributed by atoms with Crippen molar-refractivity contribution < 1.29 is 4.42 Å². The first-order chi connectivity index (χ1) is 16.1. The minimum Gasteiger partial charge on any atom is -0.416 e. The summed E-state index contributed by atoms with van der Waals surface area (Å²) in [6, 6.07) is 31.8. The van der Waals surface area contributed by atoms with Crippen molar-refractivity contribution in [3.8, 4) is 22.9 Å². The second-order valence-electron chi connectivity index (χ2n) is 7.30. The average molecular weight is 469 g/mol. The number of hydrogen-bond acceptors (Lipinski definition) is 7. The molecule has 1 heterocycles. The Hall–Kier alpha value is -3.68. The zero-order chi connectivity index (χ0) is 22.6. The summed E-state index contributed by atoms with van der Waals surface area (Å²) in [5.41, 5.74) is 14.8. The Morgan fingerprint density at radius 2 is 0.758 bits per heavy atom. The fourth-order valence-electron chi connectivity index (χ4n) is 3.13. The van der Waals surface area contributed by atoms with Gasteiger partial charge in [0.1, 0.15) is 0 Å². The van der Waals surface area contributed by atoms with Crippen LogP contribution in [0.3, 0.4) is 0 Å². The number of nitrogens with zero attached hydrogens (tertiary/aromatic N) is 2. The summed E-state index contributed by atoms with van der Waals surface area (Å²) in [6.07, 6.45) is 0. The lowest BCUT2D eigenvalue weighted by molar-refractivity contribution is 0.584. The molecule has 5 rings (SSSR count). The van der Waals surface area contributed by atoms with Gasteiger partial charge in [-0.1, -0.05) is 23.5 Å². The van der Waals surface area contributed by atoms with Crippen molar-refractivity contribution in [3.63, 3.8) is 0 Å². The minimum atomic E-state index is 0.495. The van der Waals surface area contributed by atoms with Crippen LogP contribution in [0, 0.1) is 0 Å². The van der Waals surface area contributed by atoms with Gasteiger partial charge < -0.3 is 15.9 Å². The van der Waals surface area contributed by atoms with E-state index in [-0.39, 0.29) is 0 Å². The zero-order valence-electron chi connectivity index (χ0n) is 17.5. The monoisotopic (exact) mass is 468 g/mol. The van der Waals surface area contributed by atoms with Gasteiger partial charge in [0.25, 0.3) is 0 Å². The van der Waals surface area contributed by atoms with Gasteiger partial charge in [-0.15, -0.1) is 10.2 Å². The molecule has 5 aromatic rings. The van der Waals surface area contributed by atoms with Crippen molar-refractivity contribution in [1.82, 2.24) is 10.2 Å². The highest BCUT2D eigenvalue weighted by Gasteiger charge is 2.11. The average Bonchev–Trinajstić information content (AvgIpc) is 3.33. The molecular formula is C26H20N4OS2. The van der Waals surface area contributed by atoms with Gasteiger partial charge in [-0.3, -0.25) is 0 Å². The van der Waals surface area contributed by atoms with Crippen LogP contribution >= 0.6 is 23.5 Å². The number of nitrogens with two attached hydrogens (primary N) is 2. The molecule has 0 radical (unpaired) electrons. The molecule has 4 aromatic carbocycles. The summed E-state index contributed by atoms with van der Waals surface area (Å²) >= 11 is 3.35. The van der Waals surface area contributed by atoms with Crippen molar-refractivity contribution in [3.05, 3.63) is 97.1 Å². The molecule has 0 aliphatic carbocycles. The first-order valence-electron chi connectivity index (χ1n) is 10.2.